The van der Waals surface area contributed by atoms with Crippen LogP contribution in [0.15, 0.2) is 18.5 Å². The lowest BCUT2D eigenvalue weighted by Crippen LogP contribution is -1.91. The Balaban J connectivity index is 2.60. The van der Waals surface area contributed by atoms with Gasteiger partial charge in [0.1, 0.15) is 0 Å². The highest BCUT2D eigenvalue weighted by atomic mass is 32.1. The number of nitrogens with one attached hydrogen (secondary N) is 1. The lowest BCUT2D eigenvalue weighted by Gasteiger charge is -1.96. The molecule has 0 saturated carbocycles. The molecule has 2 aromatic heterocycles. The van der Waals surface area contributed by atoms with E-state index in [9.17, 15) is 4.39 Å². The standard InChI is InChI=1S/C8H7FN4S/c1-13-8(14)11-7(12-13)5-2-3-10-4-6(5)9/h2-4H,1H3,(H,11,12,14). The summed E-state index contributed by atoms with van der Waals surface area (Å²) in [6.45, 7) is 0. The molecule has 0 amide bonds. The maximum Gasteiger partial charge on any atom is 0.216 e. The third-order valence-electron chi connectivity index (χ3n) is 1.80. The molecule has 72 valence electrons. The van der Waals surface area contributed by atoms with Gasteiger partial charge in [0.15, 0.2) is 11.6 Å². The van der Waals surface area contributed by atoms with Crippen LogP contribution in [0.2, 0.25) is 0 Å². The zero-order valence-electron chi connectivity index (χ0n) is 7.36. The second-order valence-corrected chi connectivity index (χ2v) is 3.13. The van der Waals surface area contributed by atoms with E-state index in [1.807, 2.05) is 0 Å². The Bertz CT molecular complexity index is 516. The summed E-state index contributed by atoms with van der Waals surface area (Å²) < 4.78 is 15.2. The molecule has 0 bridgehead atoms. The van der Waals surface area contributed by atoms with Gasteiger partial charge >= 0.3 is 0 Å². The third kappa shape index (κ3) is 1.44. The summed E-state index contributed by atoms with van der Waals surface area (Å²) in [5, 5.41) is 2.84. The molecule has 0 unspecified atom stereocenters. The summed E-state index contributed by atoms with van der Waals surface area (Å²) in [6, 6.07) is 1.54. The molecule has 1 N–H and O–H groups in total. The van der Waals surface area contributed by atoms with Gasteiger partial charge in [-0.3, -0.25) is 14.8 Å². The van der Waals surface area contributed by atoms with Crippen LogP contribution in [0.25, 0.3) is 11.4 Å². The van der Waals surface area contributed by atoms with E-state index < -0.39 is 5.82 Å². The monoisotopic (exact) mass is 210 g/mol. The van der Waals surface area contributed by atoms with Crippen molar-refractivity contribution < 1.29 is 4.39 Å². The number of aryl methyl sites for hydroxylation is 1. The summed E-state index contributed by atoms with van der Waals surface area (Å²) >= 11 is 4.90. The van der Waals surface area contributed by atoms with E-state index in [0.29, 0.717) is 16.2 Å². The summed E-state index contributed by atoms with van der Waals surface area (Å²) in [5.41, 5.74) is 0.367. The van der Waals surface area contributed by atoms with E-state index in [1.165, 1.54) is 6.20 Å². The zero-order chi connectivity index (χ0) is 10.1. The second-order valence-electron chi connectivity index (χ2n) is 2.77. The van der Waals surface area contributed by atoms with E-state index in [2.05, 4.69) is 15.1 Å². The van der Waals surface area contributed by atoms with E-state index >= 15 is 0 Å². The molecule has 4 nitrogen and oxygen atoms in total. The van der Waals surface area contributed by atoms with Crippen LogP contribution in [0.5, 0.6) is 0 Å². The zero-order valence-corrected chi connectivity index (χ0v) is 8.18. The molecule has 6 heteroatoms. The van der Waals surface area contributed by atoms with E-state index in [-0.39, 0.29) is 0 Å². The summed E-state index contributed by atoms with van der Waals surface area (Å²) in [7, 11) is 1.72. The average Bonchev–Trinajstić information content (AvgIpc) is 2.48. The van der Waals surface area contributed by atoms with Gasteiger partial charge in [0, 0.05) is 13.2 Å². The molecule has 14 heavy (non-hydrogen) atoms. The Kier molecular flexibility index (Phi) is 2.12. The van der Waals surface area contributed by atoms with Gasteiger partial charge in [0.25, 0.3) is 0 Å². The van der Waals surface area contributed by atoms with Gasteiger partial charge in [-0.25, -0.2) is 4.39 Å². The molecular formula is C8H7FN4S. The fourth-order valence-corrected chi connectivity index (χ4v) is 1.23. The van der Waals surface area contributed by atoms with Gasteiger partial charge in [-0.1, -0.05) is 0 Å². The minimum atomic E-state index is -0.420. The quantitative estimate of drug-likeness (QED) is 0.728. The Morgan fingerprint density at radius 1 is 1.57 bits per heavy atom. The highest BCUT2D eigenvalue weighted by molar-refractivity contribution is 7.71. The van der Waals surface area contributed by atoms with Crippen molar-refractivity contribution in [2.75, 3.05) is 0 Å². The summed E-state index contributed by atoms with van der Waals surface area (Å²) in [5.74, 6) is -0.00532. The smallest absolute Gasteiger partial charge is 0.216 e. The van der Waals surface area contributed by atoms with Crippen LogP contribution in [-0.2, 0) is 7.05 Å². The van der Waals surface area contributed by atoms with Crippen LogP contribution >= 0.6 is 12.2 Å². The largest absolute Gasteiger partial charge is 0.279 e. The SMILES string of the molecule is Cn1[nH]c(-c2ccncc2F)nc1=S. The lowest BCUT2D eigenvalue weighted by atomic mass is 10.2. The number of aromatic nitrogens is 4. The number of aromatic amines is 1. The number of rotatable bonds is 1. The summed E-state index contributed by atoms with van der Waals surface area (Å²) in [6.07, 6.45) is 2.64. The van der Waals surface area contributed by atoms with E-state index in [1.54, 1.807) is 17.8 Å². The Labute approximate surface area is 84.4 Å². The van der Waals surface area contributed by atoms with Crippen LogP contribution in [0.3, 0.4) is 0 Å². The van der Waals surface area contributed by atoms with Crippen molar-refractivity contribution in [1.29, 1.82) is 0 Å². The molecule has 2 heterocycles. The van der Waals surface area contributed by atoms with Crippen LogP contribution in [-0.4, -0.2) is 19.7 Å². The van der Waals surface area contributed by atoms with E-state index in [0.717, 1.165) is 6.20 Å². The second kappa shape index (κ2) is 3.30. The number of hydrogen-bond acceptors (Lipinski definition) is 3. The first-order valence-electron chi connectivity index (χ1n) is 3.91. The predicted octanol–water partition coefficient (Wildman–Crippen LogP) is 1.68. The molecule has 2 rings (SSSR count). The molecule has 0 atom stereocenters. The highest BCUT2D eigenvalue weighted by Crippen LogP contribution is 2.16. The van der Waals surface area contributed by atoms with Gasteiger partial charge in [0.05, 0.1) is 11.8 Å². The number of halogens is 1. The van der Waals surface area contributed by atoms with Gasteiger partial charge in [-0.2, -0.15) is 4.98 Å². The summed E-state index contributed by atoms with van der Waals surface area (Å²) in [4.78, 5) is 7.65. The highest BCUT2D eigenvalue weighted by Gasteiger charge is 2.07. The van der Waals surface area contributed by atoms with Crippen molar-refractivity contribution in [3.63, 3.8) is 0 Å². The lowest BCUT2D eigenvalue weighted by molar-refractivity contribution is 0.623. The van der Waals surface area contributed by atoms with Crippen molar-refractivity contribution in [3.05, 3.63) is 29.0 Å². The first-order valence-corrected chi connectivity index (χ1v) is 4.32. The Morgan fingerprint density at radius 3 is 2.93 bits per heavy atom. The van der Waals surface area contributed by atoms with Gasteiger partial charge in [-0.05, 0) is 18.3 Å². The fraction of sp³-hybridized carbons (Fsp3) is 0.125. The van der Waals surface area contributed by atoms with Crippen molar-refractivity contribution in [3.8, 4) is 11.4 Å². The maximum atomic E-state index is 13.3. The number of H-pyrrole nitrogens is 1. The molecule has 0 radical (unpaired) electrons. The molecular weight excluding hydrogens is 203 g/mol. The Morgan fingerprint density at radius 2 is 2.36 bits per heavy atom. The third-order valence-corrected chi connectivity index (χ3v) is 2.16. The number of hydrogen-bond donors (Lipinski definition) is 1. The van der Waals surface area contributed by atoms with Crippen LogP contribution in [0.4, 0.5) is 4.39 Å². The first kappa shape index (κ1) is 9.01. The molecule has 2 aromatic rings. The fourth-order valence-electron chi connectivity index (χ4n) is 1.09. The topological polar surface area (TPSA) is 46.5 Å². The average molecular weight is 210 g/mol. The predicted molar refractivity (Wildman–Crippen MR) is 51.6 cm³/mol. The molecule has 0 fully saturated rings. The van der Waals surface area contributed by atoms with Gasteiger partial charge < -0.3 is 0 Å². The van der Waals surface area contributed by atoms with E-state index in [4.69, 9.17) is 12.2 Å². The number of nitrogens with zero attached hydrogens (tertiary/aromatic N) is 3. The van der Waals surface area contributed by atoms with Gasteiger partial charge in [0.2, 0.25) is 4.77 Å². The molecule has 0 saturated heterocycles. The number of pyridine rings is 1. The molecule has 0 aromatic carbocycles. The van der Waals surface area contributed by atoms with Crippen molar-refractivity contribution in [1.82, 2.24) is 19.7 Å². The normalized spacial score (nSPS) is 10.4. The Hall–Kier alpha value is -1.56. The minimum absolute atomic E-state index is 0.367. The van der Waals surface area contributed by atoms with Crippen molar-refractivity contribution in [2.24, 2.45) is 7.05 Å². The molecule has 0 aliphatic carbocycles. The molecule has 0 aliphatic heterocycles. The first-order chi connectivity index (χ1) is 6.68. The minimum Gasteiger partial charge on any atom is -0.279 e. The van der Waals surface area contributed by atoms with Gasteiger partial charge in [-0.15, -0.1) is 0 Å². The van der Waals surface area contributed by atoms with Crippen LogP contribution in [0, 0.1) is 10.6 Å². The molecule has 0 spiro atoms. The van der Waals surface area contributed by atoms with Crippen molar-refractivity contribution in [2.45, 2.75) is 0 Å². The van der Waals surface area contributed by atoms with Crippen molar-refractivity contribution >= 4 is 12.2 Å². The van der Waals surface area contributed by atoms with Crippen LogP contribution in [0.1, 0.15) is 0 Å². The molecule has 0 aliphatic rings. The maximum absolute atomic E-state index is 13.3. The van der Waals surface area contributed by atoms with Crippen LogP contribution < -0.4 is 0 Å².